The average molecular weight is 408 g/mol. The molecule has 0 aromatic heterocycles. The average Bonchev–Trinajstić information content (AvgIpc) is 3.02. The fraction of sp³-hybridized carbons (Fsp3) is 0.350. The third-order valence-corrected chi connectivity index (χ3v) is 7.49. The Morgan fingerprint density at radius 2 is 2.07 bits per heavy atom. The van der Waals surface area contributed by atoms with Gasteiger partial charge in [0.1, 0.15) is 4.91 Å². The van der Waals surface area contributed by atoms with E-state index in [1.54, 1.807) is 12.2 Å². The van der Waals surface area contributed by atoms with Gasteiger partial charge in [0.05, 0.1) is 4.91 Å². The predicted octanol–water partition coefficient (Wildman–Crippen LogP) is 4.27. The zero-order valence-corrected chi connectivity index (χ0v) is 17.3. The van der Waals surface area contributed by atoms with Crippen molar-refractivity contribution in [2.75, 3.05) is 0 Å². The molecule has 2 unspecified atom stereocenters. The van der Waals surface area contributed by atoms with Crippen LogP contribution in [-0.4, -0.2) is 24.7 Å². The minimum atomic E-state index is -3.77. The molecular formula is C20H25NO4S2. The van der Waals surface area contributed by atoms with Crippen LogP contribution in [0, 0.1) is 5.92 Å². The molecule has 0 aromatic carbocycles. The van der Waals surface area contributed by atoms with Crippen LogP contribution in [0.15, 0.2) is 69.7 Å². The van der Waals surface area contributed by atoms with Gasteiger partial charge in [0.25, 0.3) is 10.0 Å². The molecule has 7 heteroatoms. The first kappa shape index (κ1) is 21.3. The van der Waals surface area contributed by atoms with Gasteiger partial charge in [-0.05, 0) is 32.3 Å². The molecule has 0 saturated heterocycles. The summed E-state index contributed by atoms with van der Waals surface area (Å²) < 4.78 is 28.1. The summed E-state index contributed by atoms with van der Waals surface area (Å²) in [5.41, 5.74) is 1.24. The van der Waals surface area contributed by atoms with E-state index in [1.807, 2.05) is 57.2 Å². The Hall–Kier alpha value is -1.99. The zero-order valence-electron chi connectivity index (χ0n) is 15.7. The van der Waals surface area contributed by atoms with Crippen LogP contribution in [0.2, 0.25) is 0 Å². The summed E-state index contributed by atoms with van der Waals surface area (Å²) in [4.78, 5) is 12.0. The van der Waals surface area contributed by atoms with Crippen molar-refractivity contribution in [1.82, 2.24) is 4.72 Å². The molecule has 0 fully saturated rings. The second-order valence-electron chi connectivity index (χ2n) is 6.48. The van der Waals surface area contributed by atoms with Crippen molar-refractivity contribution in [3.8, 4) is 0 Å². The summed E-state index contributed by atoms with van der Waals surface area (Å²) in [6.45, 7) is 5.69. The Balaban J connectivity index is 2.21. The summed E-state index contributed by atoms with van der Waals surface area (Å²) in [6.07, 6.45) is 15.7. The Labute approximate surface area is 165 Å². The smallest absolute Gasteiger partial charge is 0.344 e. The summed E-state index contributed by atoms with van der Waals surface area (Å²) >= 11 is 1.19. The fourth-order valence-corrected chi connectivity index (χ4v) is 5.60. The SMILES string of the molecule is C\C=C/C=C\C=C(/C)C1CC(NS(=O)(=O)C2=CC=CCC2C)=C(C(=O)O)S1. The van der Waals surface area contributed by atoms with Gasteiger partial charge < -0.3 is 5.11 Å². The van der Waals surface area contributed by atoms with Crippen molar-refractivity contribution in [3.63, 3.8) is 0 Å². The first-order valence-electron chi connectivity index (χ1n) is 8.75. The fourth-order valence-electron chi connectivity index (χ4n) is 2.85. The van der Waals surface area contributed by atoms with Gasteiger partial charge in [-0.2, -0.15) is 0 Å². The van der Waals surface area contributed by atoms with Gasteiger partial charge in [-0.25, -0.2) is 13.2 Å². The molecule has 0 saturated carbocycles. The van der Waals surface area contributed by atoms with E-state index < -0.39 is 16.0 Å². The summed E-state index contributed by atoms with van der Waals surface area (Å²) in [7, 11) is -3.77. The molecule has 5 nitrogen and oxygen atoms in total. The molecule has 27 heavy (non-hydrogen) atoms. The van der Waals surface area contributed by atoms with Gasteiger partial charge in [0.2, 0.25) is 0 Å². The molecule has 1 aliphatic carbocycles. The second kappa shape index (κ2) is 9.28. The molecule has 2 rings (SSSR count). The minimum absolute atomic E-state index is 0.0633. The Morgan fingerprint density at radius 3 is 2.70 bits per heavy atom. The summed E-state index contributed by atoms with van der Waals surface area (Å²) in [5.74, 6) is -1.24. The number of hydrogen-bond acceptors (Lipinski definition) is 4. The molecule has 1 aliphatic heterocycles. The second-order valence-corrected chi connectivity index (χ2v) is 9.38. The van der Waals surface area contributed by atoms with Crippen LogP contribution in [0.5, 0.6) is 0 Å². The van der Waals surface area contributed by atoms with E-state index in [9.17, 15) is 18.3 Å². The first-order valence-corrected chi connectivity index (χ1v) is 11.1. The molecule has 0 radical (unpaired) electrons. The van der Waals surface area contributed by atoms with Gasteiger partial charge in [0.15, 0.2) is 0 Å². The van der Waals surface area contributed by atoms with Gasteiger partial charge >= 0.3 is 5.97 Å². The Morgan fingerprint density at radius 1 is 1.33 bits per heavy atom. The lowest BCUT2D eigenvalue weighted by atomic mass is 10.0. The van der Waals surface area contributed by atoms with Gasteiger partial charge in [-0.1, -0.05) is 55.0 Å². The first-order chi connectivity index (χ1) is 12.8. The number of nitrogens with one attached hydrogen (secondary N) is 1. The normalized spacial score (nSPS) is 24.1. The Kier molecular flexibility index (Phi) is 7.33. The number of rotatable bonds is 7. The molecule has 146 valence electrons. The summed E-state index contributed by atoms with van der Waals surface area (Å²) in [6, 6.07) is 0. The largest absolute Gasteiger partial charge is 0.477 e. The monoisotopic (exact) mass is 407 g/mol. The lowest BCUT2D eigenvalue weighted by molar-refractivity contribution is -0.131. The molecular weight excluding hydrogens is 382 g/mol. The van der Waals surface area contributed by atoms with Crippen LogP contribution < -0.4 is 4.72 Å². The van der Waals surface area contributed by atoms with E-state index in [-0.39, 0.29) is 26.7 Å². The maximum Gasteiger partial charge on any atom is 0.344 e. The third-order valence-electron chi connectivity index (χ3n) is 4.34. The van der Waals surface area contributed by atoms with E-state index >= 15 is 0 Å². The van der Waals surface area contributed by atoms with Gasteiger partial charge in [0, 0.05) is 17.4 Å². The maximum atomic E-state index is 12.8. The highest BCUT2D eigenvalue weighted by Crippen LogP contribution is 2.41. The number of carboxylic acid groups (broad SMARTS) is 1. The van der Waals surface area contributed by atoms with Gasteiger partial charge in [-0.3, -0.25) is 4.72 Å². The molecule has 0 amide bonds. The van der Waals surface area contributed by atoms with Crippen LogP contribution in [-0.2, 0) is 14.8 Å². The quantitative estimate of drug-likeness (QED) is 0.616. The lowest BCUT2D eigenvalue weighted by Gasteiger charge is -2.19. The standard InChI is InChI=1S/C20H25NO4S2/c1-4-5-6-7-10-14(2)17-13-16(19(26-17)20(22)23)21-27(24,25)18-12-9-8-11-15(18)3/h4-10,12,15,17,21H,11,13H2,1-3H3,(H,22,23)/b5-4-,7-6-,14-10+. The number of allylic oxidation sites excluding steroid dienone is 10. The van der Waals surface area contributed by atoms with Crippen molar-refractivity contribution >= 4 is 27.8 Å². The number of carboxylic acids is 1. The number of sulfonamides is 1. The number of hydrogen-bond donors (Lipinski definition) is 2. The van der Waals surface area contributed by atoms with Crippen LogP contribution >= 0.6 is 11.8 Å². The number of aliphatic carboxylic acids is 1. The number of carbonyl (C=O) groups is 1. The molecule has 2 N–H and O–H groups in total. The molecule has 2 aliphatic rings. The van der Waals surface area contributed by atoms with Crippen molar-refractivity contribution in [3.05, 3.63) is 69.7 Å². The van der Waals surface area contributed by atoms with Crippen LogP contribution in [0.3, 0.4) is 0 Å². The van der Waals surface area contributed by atoms with Crippen molar-refractivity contribution in [2.45, 2.75) is 38.9 Å². The summed E-state index contributed by atoms with van der Waals surface area (Å²) in [5, 5.41) is 9.40. The van der Waals surface area contributed by atoms with E-state index in [0.717, 1.165) is 5.57 Å². The highest BCUT2D eigenvalue weighted by atomic mass is 32.2. The van der Waals surface area contributed by atoms with E-state index in [2.05, 4.69) is 4.72 Å². The van der Waals surface area contributed by atoms with Crippen molar-refractivity contribution < 1.29 is 18.3 Å². The minimum Gasteiger partial charge on any atom is -0.477 e. The van der Waals surface area contributed by atoms with Gasteiger partial charge in [-0.15, -0.1) is 11.8 Å². The van der Waals surface area contributed by atoms with Crippen molar-refractivity contribution in [1.29, 1.82) is 0 Å². The highest BCUT2D eigenvalue weighted by molar-refractivity contribution is 8.05. The van der Waals surface area contributed by atoms with Crippen LogP contribution in [0.4, 0.5) is 0 Å². The lowest BCUT2D eigenvalue weighted by Crippen LogP contribution is -2.28. The maximum absolute atomic E-state index is 12.8. The van der Waals surface area contributed by atoms with E-state index in [0.29, 0.717) is 12.8 Å². The van der Waals surface area contributed by atoms with E-state index in [1.165, 1.54) is 11.8 Å². The number of thioether (sulfide) groups is 1. The van der Waals surface area contributed by atoms with E-state index in [4.69, 9.17) is 0 Å². The van der Waals surface area contributed by atoms with Crippen molar-refractivity contribution in [2.24, 2.45) is 5.92 Å². The molecule has 0 aromatic rings. The van der Waals surface area contributed by atoms with Crippen LogP contribution in [0.25, 0.3) is 0 Å². The van der Waals surface area contributed by atoms with Crippen LogP contribution in [0.1, 0.15) is 33.6 Å². The predicted molar refractivity (Wildman–Crippen MR) is 111 cm³/mol. The topological polar surface area (TPSA) is 83.5 Å². The Bertz CT molecular complexity index is 874. The zero-order chi connectivity index (χ0) is 20.0. The molecule has 2 atom stereocenters. The molecule has 0 bridgehead atoms. The molecule has 0 spiro atoms. The highest BCUT2D eigenvalue weighted by Gasteiger charge is 2.34. The third kappa shape index (κ3) is 5.49. The molecule has 1 heterocycles.